The van der Waals surface area contributed by atoms with E-state index >= 15 is 0 Å². The second-order valence-corrected chi connectivity index (χ2v) is 19.3. The number of hydrogen-bond acceptors (Lipinski definition) is 5. The second-order valence-electron chi connectivity index (χ2n) is 18.2. The van der Waals surface area contributed by atoms with Crippen LogP contribution < -0.4 is 4.74 Å². The molecular weight excluding hydrogens is 873 g/mol. The number of hydrogen-bond donors (Lipinski definition) is 0. The molecule has 6 heteroatoms. The summed E-state index contributed by atoms with van der Waals surface area (Å²) in [7, 11) is 0. The molecular formula is C64H38N4OS. The lowest BCUT2D eigenvalue weighted by atomic mass is 9.66. The van der Waals surface area contributed by atoms with E-state index in [4.69, 9.17) is 19.7 Å². The number of rotatable bonds is 5. The quantitative estimate of drug-likeness (QED) is 0.173. The smallest absolute Gasteiger partial charge is 0.164 e. The second kappa shape index (κ2) is 15.0. The average molecular weight is 911 g/mol. The van der Waals surface area contributed by atoms with Crippen molar-refractivity contribution in [2.75, 3.05) is 0 Å². The summed E-state index contributed by atoms with van der Waals surface area (Å²) < 4.78 is 11.8. The zero-order valence-electron chi connectivity index (χ0n) is 37.5. The molecule has 0 radical (unpaired) electrons. The Balaban J connectivity index is 0.974. The Hall–Kier alpha value is -8.97. The Bertz CT molecular complexity index is 4170. The molecule has 1 spiro atoms. The third kappa shape index (κ3) is 5.62. The molecule has 0 atom stereocenters. The van der Waals surface area contributed by atoms with Crippen molar-refractivity contribution in [2.45, 2.75) is 5.41 Å². The van der Waals surface area contributed by atoms with Gasteiger partial charge in [0.05, 0.1) is 16.4 Å². The van der Waals surface area contributed by atoms with Crippen LogP contribution in [0.2, 0.25) is 0 Å². The highest BCUT2D eigenvalue weighted by molar-refractivity contribution is 7.26. The van der Waals surface area contributed by atoms with Gasteiger partial charge in [0.15, 0.2) is 17.5 Å². The van der Waals surface area contributed by atoms with Gasteiger partial charge in [0.2, 0.25) is 0 Å². The van der Waals surface area contributed by atoms with Crippen molar-refractivity contribution in [3.8, 4) is 73.6 Å². The minimum atomic E-state index is -0.694. The standard InChI is InChI=1S/C64H38N4OS/c1-4-16-39(17-5-1)61-65-62(40-18-6-2-7-19-40)67-63(66-61)43-28-31-45-47-36-41(29-32-49(47)64(52(45)38-43)50-23-11-13-25-55(50)69-56-26-14-12-24-51(56)64)42-30-33-53-48(37-42)59-54(68(53)44-20-8-3-9-21-44)34-35-58-60(59)46-22-10-15-27-57(46)70-58/h1-38H. The van der Waals surface area contributed by atoms with Gasteiger partial charge in [-0.1, -0.05) is 164 Å². The maximum absolute atomic E-state index is 6.76. The van der Waals surface area contributed by atoms with Crippen molar-refractivity contribution in [1.82, 2.24) is 19.5 Å². The van der Waals surface area contributed by atoms with Gasteiger partial charge in [-0.15, -0.1) is 11.3 Å². The van der Waals surface area contributed by atoms with Gasteiger partial charge in [0.1, 0.15) is 11.5 Å². The molecule has 0 saturated heterocycles. The summed E-state index contributed by atoms with van der Waals surface area (Å²) in [4.78, 5) is 15.4. The van der Waals surface area contributed by atoms with E-state index in [-0.39, 0.29) is 0 Å². The van der Waals surface area contributed by atoms with E-state index < -0.39 is 5.41 Å². The van der Waals surface area contributed by atoms with Gasteiger partial charge in [-0.05, 0) is 100 Å². The minimum Gasteiger partial charge on any atom is -0.457 e. The van der Waals surface area contributed by atoms with Crippen LogP contribution in [-0.2, 0) is 5.41 Å². The number of thiophene rings is 1. The van der Waals surface area contributed by atoms with Crippen LogP contribution in [0.4, 0.5) is 0 Å². The van der Waals surface area contributed by atoms with Crippen LogP contribution in [0, 0.1) is 0 Å². The fraction of sp³-hybridized carbons (Fsp3) is 0.0156. The van der Waals surface area contributed by atoms with Gasteiger partial charge < -0.3 is 9.30 Å². The molecule has 0 amide bonds. The number of ether oxygens (including phenoxy) is 1. The maximum Gasteiger partial charge on any atom is 0.164 e. The average Bonchev–Trinajstić information content (AvgIpc) is 4.07. The van der Waals surface area contributed by atoms with Crippen LogP contribution in [0.15, 0.2) is 231 Å². The molecule has 70 heavy (non-hydrogen) atoms. The molecule has 5 nitrogen and oxygen atoms in total. The molecule has 10 aromatic carbocycles. The molecule has 2 aliphatic rings. The number of nitrogens with zero attached hydrogens (tertiary/aromatic N) is 4. The van der Waals surface area contributed by atoms with Crippen LogP contribution in [-0.4, -0.2) is 19.5 Å². The Morgan fingerprint density at radius 2 is 0.929 bits per heavy atom. The van der Waals surface area contributed by atoms with E-state index in [0.29, 0.717) is 17.5 Å². The van der Waals surface area contributed by atoms with Crippen LogP contribution in [0.25, 0.3) is 104 Å². The molecule has 0 bridgehead atoms. The first kappa shape index (κ1) is 39.1. The Morgan fingerprint density at radius 3 is 1.64 bits per heavy atom. The Labute approximate surface area is 407 Å². The van der Waals surface area contributed by atoms with Gasteiger partial charge >= 0.3 is 0 Å². The summed E-state index contributed by atoms with van der Waals surface area (Å²) >= 11 is 1.87. The summed E-state index contributed by atoms with van der Waals surface area (Å²) in [6.45, 7) is 0. The van der Waals surface area contributed by atoms with Crippen molar-refractivity contribution in [3.05, 3.63) is 253 Å². The van der Waals surface area contributed by atoms with Crippen molar-refractivity contribution in [3.63, 3.8) is 0 Å². The highest BCUT2D eigenvalue weighted by atomic mass is 32.1. The van der Waals surface area contributed by atoms with Gasteiger partial charge in [-0.25, -0.2) is 15.0 Å². The molecule has 0 fully saturated rings. The van der Waals surface area contributed by atoms with E-state index in [9.17, 15) is 0 Å². The van der Waals surface area contributed by atoms with E-state index in [1.165, 1.54) is 58.7 Å². The van der Waals surface area contributed by atoms with E-state index in [2.05, 4.69) is 199 Å². The fourth-order valence-corrected chi connectivity index (χ4v) is 12.6. The lowest BCUT2D eigenvalue weighted by Crippen LogP contribution is -2.32. The monoisotopic (exact) mass is 910 g/mol. The zero-order chi connectivity index (χ0) is 45.9. The predicted octanol–water partition coefficient (Wildman–Crippen LogP) is 16.5. The Kier molecular flexibility index (Phi) is 8.38. The summed E-state index contributed by atoms with van der Waals surface area (Å²) in [5, 5.41) is 5.14. The minimum absolute atomic E-state index is 0.617. The summed E-state index contributed by atoms with van der Waals surface area (Å²) in [6, 6.07) is 82.6. The first-order chi connectivity index (χ1) is 34.7. The van der Waals surface area contributed by atoms with E-state index in [0.717, 1.165) is 61.7 Å². The number of aromatic nitrogens is 4. The van der Waals surface area contributed by atoms with Crippen LogP contribution in [0.3, 0.4) is 0 Å². The SMILES string of the molecule is c1ccc(-c2nc(-c3ccccc3)nc(-c3ccc4c(c3)C3(c5ccccc5Oc5ccccc53)c3ccc(-c5ccc6c(c5)c5c7c(ccc5n6-c5ccccc5)sc5ccccc57)cc3-4)n2)cc1. The fourth-order valence-electron chi connectivity index (χ4n) is 11.5. The third-order valence-corrected chi connectivity index (χ3v) is 15.6. The Morgan fingerprint density at radius 1 is 0.357 bits per heavy atom. The van der Waals surface area contributed by atoms with Crippen LogP contribution >= 0.6 is 11.3 Å². The predicted molar refractivity (Wildman–Crippen MR) is 286 cm³/mol. The largest absolute Gasteiger partial charge is 0.457 e. The third-order valence-electron chi connectivity index (χ3n) is 14.5. The van der Waals surface area contributed by atoms with Gasteiger partial charge in [-0.2, -0.15) is 0 Å². The summed E-state index contributed by atoms with van der Waals surface area (Å²) in [6.07, 6.45) is 0. The van der Waals surface area contributed by atoms with Crippen LogP contribution in [0.5, 0.6) is 11.5 Å². The van der Waals surface area contributed by atoms with Crippen molar-refractivity contribution < 1.29 is 4.74 Å². The van der Waals surface area contributed by atoms with E-state index in [1.54, 1.807) is 0 Å². The normalized spacial score (nSPS) is 13.1. The number of fused-ring (bicyclic) bond motifs is 16. The molecule has 15 rings (SSSR count). The summed E-state index contributed by atoms with van der Waals surface area (Å²) in [5.41, 5.74) is 14.9. The lowest BCUT2D eigenvalue weighted by molar-refractivity contribution is 0.436. The van der Waals surface area contributed by atoms with Gasteiger partial charge in [-0.3, -0.25) is 0 Å². The zero-order valence-corrected chi connectivity index (χ0v) is 38.4. The molecule has 0 saturated carbocycles. The highest BCUT2D eigenvalue weighted by Crippen LogP contribution is 2.63. The maximum atomic E-state index is 6.76. The highest BCUT2D eigenvalue weighted by Gasteiger charge is 2.51. The molecule has 3 aromatic heterocycles. The van der Waals surface area contributed by atoms with Crippen molar-refractivity contribution >= 4 is 53.3 Å². The molecule has 4 heterocycles. The molecule has 0 unspecified atom stereocenters. The first-order valence-corrected chi connectivity index (χ1v) is 24.5. The number of para-hydroxylation sites is 3. The first-order valence-electron chi connectivity index (χ1n) is 23.7. The number of benzene rings is 10. The molecule has 1 aliphatic carbocycles. The van der Waals surface area contributed by atoms with Gasteiger partial charge in [0, 0.05) is 64.4 Å². The van der Waals surface area contributed by atoms with Crippen molar-refractivity contribution in [1.29, 1.82) is 0 Å². The summed E-state index contributed by atoms with van der Waals surface area (Å²) in [5.74, 6) is 3.57. The van der Waals surface area contributed by atoms with Crippen molar-refractivity contribution in [2.24, 2.45) is 0 Å². The molecule has 13 aromatic rings. The van der Waals surface area contributed by atoms with Gasteiger partial charge in [0.25, 0.3) is 0 Å². The molecule has 326 valence electrons. The van der Waals surface area contributed by atoms with Crippen LogP contribution in [0.1, 0.15) is 22.3 Å². The molecule has 0 N–H and O–H groups in total. The topological polar surface area (TPSA) is 52.8 Å². The molecule has 1 aliphatic heterocycles. The lowest BCUT2D eigenvalue weighted by Gasteiger charge is -2.39. The van der Waals surface area contributed by atoms with E-state index in [1.807, 2.05) is 47.7 Å².